The Hall–Kier alpha value is -2.77. The zero-order chi connectivity index (χ0) is 17.0. The first kappa shape index (κ1) is 16.6. The van der Waals surface area contributed by atoms with Crippen LogP contribution in [0.4, 0.5) is 4.39 Å². The molecule has 2 aromatic rings. The van der Waals surface area contributed by atoms with Gasteiger partial charge in [-0.3, -0.25) is 9.59 Å². The first-order chi connectivity index (χ1) is 10.9. The number of rotatable bonds is 6. The highest BCUT2D eigenvalue weighted by molar-refractivity contribution is 5.83. The fourth-order valence-corrected chi connectivity index (χ4v) is 1.85. The number of carbonyl (C=O) groups excluding carboxylic acids is 1. The van der Waals surface area contributed by atoms with E-state index in [0.29, 0.717) is 17.0 Å². The van der Waals surface area contributed by atoms with E-state index in [1.807, 2.05) is 0 Å². The van der Waals surface area contributed by atoms with Gasteiger partial charge in [0.05, 0.1) is 0 Å². The van der Waals surface area contributed by atoms with Gasteiger partial charge in [0.2, 0.25) is 17.6 Å². The standard InChI is InChI=1S/C15H16FN3O4/c1-8-7-10(3-4-11(8)16)14-18-13(23-19-14)6-5-12(20)17-9(2)15(21)22/h3-4,7,9H,5-6H2,1-2H3,(H,17,20)(H,21,22). The van der Waals surface area contributed by atoms with Crippen LogP contribution in [0.5, 0.6) is 0 Å². The van der Waals surface area contributed by atoms with Gasteiger partial charge in [-0.1, -0.05) is 5.16 Å². The van der Waals surface area contributed by atoms with Crippen LogP contribution in [0.25, 0.3) is 11.4 Å². The summed E-state index contributed by atoms with van der Waals surface area (Å²) in [5.41, 5.74) is 1.08. The number of aliphatic carboxylic acids is 1. The number of hydrogen-bond acceptors (Lipinski definition) is 5. The quantitative estimate of drug-likeness (QED) is 0.839. The van der Waals surface area contributed by atoms with Crippen LogP contribution in [-0.2, 0) is 16.0 Å². The lowest BCUT2D eigenvalue weighted by atomic mass is 10.1. The van der Waals surface area contributed by atoms with E-state index in [-0.39, 0.29) is 24.5 Å². The minimum atomic E-state index is -1.11. The van der Waals surface area contributed by atoms with Gasteiger partial charge >= 0.3 is 5.97 Å². The summed E-state index contributed by atoms with van der Waals surface area (Å²) in [4.78, 5) is 26.4. The number of aromatic nitrogens is 2. The SMILES string of the molecule is Cc1cc(-c2noc(CCC(=O)NC(C)C(=O)O)n2)ccc1F. The zero-order valence-electron chi connectivity index (χ0n) is 12.7. The van der Waals surface area contributed by atoms with Crippen molar-refractivity contribution >= 4 is 11.9 Å². The lowest BCUT2D eigenvalue weighted by Gasteiger charge is -2.07. The topological polar surface area (TPSA) is 105 Å². The number of carboxylic acid groups (broad SMARTS) is 1. The number of aryl methyl sites for hydroxylation is 2. The highest BCUT2D eigenvalue weighted by atomic mass is 19.1. The maximum atomic E-state index is 13.2. The molecular weight excluding hydrogens is 305 g/mol. The smallest absolute Gasteiger partial charge is 0.325 e. The molecule has 8 heteroatoms. The summed E-state index contributed by atoms with van der Waals surface area (Å²) in [5.74, 6) is -1.29. The van der Waals surface area contributed by atoms with Gasteiger partial charge in [-0.2, -0.15) is 4.98 Å². The molecule has 0 radical (unpaired) electrons. The van der Waals surface area contributed by atoms with Gasteiger partial charge in [0.15, 0.2) is 0 Å². The molecule has 2 rings (SSSR count). The molecule has 1 aromatic carbocycles. The Morgan fingerprint density at radius 1 is 1.43 bits per heavy atom. The number of nitrogens with one attached hydrogen (secondary N) is 1. The van der Waals surface area contributed by atoms with Crippen LogP contribution in [-0.4, -0.2) is 33.2 Å². The summed E-state index contributed by atoms with van der Waals surface area (Å²) in [6.45, 7) is 3.01. The molecule has 0 spiro atoms. The second-order valence-corrected chi connectivity index (χ2v) is 5.10. The molecule has 0 aliphatic carbocycles. The predicted molar refractivity (Wildman–Crippen MR) is 78.0 cm³/mol. The van der Waals surface area contributed by atoms with E-state index in [0.717, 1.165) is 0 Å². The third-order valence-electron chi connectivity index (χ3n) is 3.20. The highest BCUT2D eigenvalue weighted by Gasteiger charge is 2.15. The summed E-state index contributed by atoms with van der Waals surface area (Å²) in [7, 11) is 0. The second kappa shape index (κ2) is 6.99. The number of halogens is 1. The Kier molecular flexibility index (Phi) is 5.05. The van der Waals surface area contributed by atoms with Crippen LogP contribution in [0.2, 0.25) is 0 Å². The molecule has 7 nitrogen and oxygen atoms in total. The van der Waals surface area contributed by atoms with Crippen LogP contribution < -0.4 is 5.32 Å². The second-order valence-electron chi connectivity index (χ2n) is 5.10. The van der Waals surface area contributed by atoms with E-state index in [9.17, 15) is 14.0 Å². The monoisotopic (exact) mass is 321 g/mol. The lowest BCUT2D eigenvalue weighted by molar-refractivity contribution is -0.141. The number of nitrogens with zero attached hydrogens (tertiary/aromatic N) is 2. The maximum Gasteiger partial charge on any atom is 0.325 e. The van der Waals surface area contributed by atoms with Crippen molar-refractivity contribution in [3.63, 3.8) is 0 Å². The Labute approximate surface area is 131 Å². The number of benzene rings is 1. The van der Waals surface area contributed by atoms with Gasteiger partial charge in [0, 0.05) is 18.4 Å². The van der Waals surface area contributed by atoms with Crippen molar-refractivity contribution in [1.29, 1.82) is 0 Å². The van der Waals surface area contributed by atoms with E-state index in [1.165, 1.54) is 19.1 Å². The summed E-state index contributed by atoms with van der Waals surface area (Å²) in [5, 5.41) is 14.8. The van der Waals surface area contributed by atoms with E-state index in [1.54, 1.807) is 13.0 Å². The first-order valence-corrected chi connectivity index (χ1v) is 6.98. The molecule has 23 heavy (non-hydrogen) atoms. The fourth-order valence-electron chi connectivity index (χ4n) is 1.85. The van der Waals surface area contributed by atoms with Crippen molar-refractivity contribution in [3.05, 3.63) is 35.5 Å². The third kappa shape index (κ3) is 4.35. The van der Waals surface area contributed by atoms with Gasteiger partial charge in [-0.15, -0.1) is 0 Å². The third-order valence-corrected chi connectivity index (χ3v) is 3.20. The highest BCUT2D eigenvalue weighted by Crippen LogP contribution is 2.19. The van der Waals surface area contributed by atoms with E-state index >= 15 is 0 Å². The van der Waals surface area contributed by atoms with Gasteiger partial charge in [0.25, 0.3) is 0 Å². The van der Waals surface area contributed by atoms with Crippen LogP contribution in [0.3, 0.4) is 0 Å². The van der Waals surface area contributed by atoms with Crippen LogP contribution in [0.1, 0.15) is 24.8 Å². The molecule has 0 fully saturated rings. The molecule has 1 heterocycles. The average molecular weight is 321 g/mol. The zero-order valence-corrected chi connectivity index (χ0v) is 12.7. The average Bonchev–Trinajstić information content (AvgIpc) is 2.96. The maximum absolute atomic E-state index is 13.2. The minimum absolute atomic E-state index is 0.0295. The largest absolute Gasteiger partial charge is 0.480 e. The van der Waals surface area contributed by atoms with Gasteiger partial charge < -0.3 is 14.9 Å². The van der Waals surface area contributed by atoms with Crippen molar-refractivity contribution in [3.8, 4) is 11.4 Å². The number of carbonyl (C=O) groups is 2. The minimum Gasteiger partial charge on any atom is -0.480 e. The van der Waals surface area contributed by atoms with Crippen molar-refractivity contribution in [2.75, 3.05) is 0 Å². The molecule has 0 aliphatic heterocycles. The summed E-state index contributed by atoms with van der Waals surface area (Å²) >= 11 is 0. The molecule has 1 aromatic heterocycles. The first-order valence-electron chi connectivity index (χ1n) is 6.98. The molecule has 0 saturated heterocycles. The molecule has 1 atom stereocenters. The predicted octanol–water partition coefficient (Wildman–Crippen LogP) is 1.71. The summed E-state index contributed by atoms with van der Waals surface area (Å²) in [6.07, 6.45) is 0.215. The molecule has 1 unspecified atom stereocenters. The van der Waals surface area contributed by atoms with Gasteiger partial charge in [0.1, 0.15) is 11.9 Å². The Balaban J connectivity index is 1.96. The van der Waals surface area contributed by atoms with E-state index in [2.05, 4.69) is 15.5 Å². The Morgan fingerprint density at radius 2 is 2.17 bits per heavy atom. The molecule has 0 saturated carbocycles. The molecule has 1 amide bonds. The summed E-state index contributed by atoms with van der Waals surface area (Å²) < 4.78 is 18.3. The number of carboxylic acids is 1. The number of hydrogen-bond donors (Lipinski definition) is 2. The Morgan fingerprint density at radius 3 is 2.83 bits per heavy atom. The fraction of sp³-hybridized carbons (Fsp3) is 0.333. The number of amides is 1. The van der Waals surface area contributed by atoms with Crippen molar-refractivity contribution < 1.29 is 23.6 Å². The van der Waals surface area contributed by atoms with Crippen molar-refractivity contribution in [2.45, 2.75) is 32.7 Å². The van der Waals surface area contributed by atoms with Gasteiger partial charge in [-0.25, -0.2) is 4.39 Å². The van der Waals surface area contributed by atoms with Crippen molar-refractivity contribution in [1.82, 2.24) is 15.5 Å². The Bertz CT molecular complexity index is 729. The summed E-state index contributed by atoms with van der Waals surface area (Å²) in [6, 6.07) is 3.51. The lowest BCUT2D eigenvalue weighted by Crippen LogP contribution is -2.38. The van der Waals surface area contributed by atoms with Crippen molar-refractivity contribution in [2.24, 2.45) is 0 Å². The van der Waals surface area contributed by atoms with Crippen LogP contribution in [0.15, 0.2) is 22.7 Å². The van der Waals surface area contributed by atoms with Gasteiger partial charge in [-0.05, 0) is 37.6 Å². The normalized spacial score (nSPS) is 12.0. The van der Waals surface area contributed by atoms with Crippen LogP contribution >= 0.6 is 0 Å². The molecule has 0 bridgehead atoms. The molecular formula is C15H16FN3O4. The van der Waals surface area contributed by atoms with E-state index < -0.39 is 17.9 Å². The molecule has 0 aliphatic rings. The van der Waals surface area contributed by atoms with Crippen LogP contribution in [0, 0.1) is 12.7 Å². The molecule has 122 valence electrons. The molecule has 2 N–H and O–H groups in total. The van der Waals surface area contributed by atoms with E-state index in [4.69, 9.17) is 9.63 Å².